The number of benzene rings is 2. The molecule has 1 unspecified atom stereocenters. The third kappa shape index (κ3) is 4.00. The van der Waals surface area contributed by atoms with E-state index in [2.05, 4.69) is 5.32 Å². The van der Waals surface area contributed by atoms with Crippen molar-refractivity contribution in [1.29, 1.82) is 0 Å². The van der Waals surface area contributed by atoms with Crippen LogP contribution in [0.15, 0.2) is 53.7 Å². The quantitative estimate of drug-likeness (QED) is 0.633. The number of carbonyl (C=O) groups is 1. The number of halogens is 2. The third-order valence-corrected chi connectivity index (χ3v) is 6.43. The minimum atomic E-state index is -0.313. The number of hydrogen-bond donors (Lipinski definition) is 1. The van der Waals surface area contributed by atoms with Crippen LogP contribution in [0.1, 0.15) is 36.4 Å². The molecule has 29 heavy (non-hydrogen) atoms. The summed E-state index contributed by atoms with van der Waals surface area (Å²) in [6.07, 6.45) is 2.26. The molecule has 4 nitrogen and oxygen atoms in total. The summed E-state index contributed by atoms with van der Waals surface area (Å²) in [6, 6.07) is 12.9. The molecule has 2 aromatic rings. The normalized spacial score (nSPS) is 19.1. The Morgan fingerprint density at radius 3 is 2.76 bits per heavy atom. The molecule has 0 fully saturated rings. The van der Waals surface area contributed by atoms with Crippen molar-refractivity contribution in [1.82, 2.24) is 10.2 Å². The third-order valence-electron chi connectivity index (χ3n) is 5.30. The molecule has 1 N–H and O–H groups in total. The van der Waals surface area contributed by atoms with E-state index < -0.39 is 0 Å². The maximum atomic E-state index is 12.8. The highest BCUT2D eigenvalue weighted by atomic mass is 35.5. The van der Waals surface area contributed by atoms with Crippen molar-refractivity contribution in [2.45, 2.75) is 31.9 Å². The molecule has 150 valence electrons. The summed E-state index contributed by atoms with van der Waals surface area (Å²) >= 11 is 17.6. The Balaban J connectivity index is 1.67. The molecule has 0 saturated heterocycles. The highest BCUT2D eigenvalue weighted by Crippen LogP contribution is 2.39. The number of rotatable bonds is 4. The van der Waals surface area contributed by atoms with Gasteiger partial charge in [-0.15, -0.1) is 0 Å². The second-order valence-corrected chi connectivity index (χ2v) is 8.35. The largest absolute Gasteiger partial charge is 0.489 e. The molecule has 2 aliphatic rings. The van der Waals surface area contributed by atoms with Crippen LogP contribution in [0.4, 0.5) is 0 Å². The van der Waals surface area contributed by atoms with Crippen molar-refractivity contribution < 1.29 is 9.53 Å². The van der Waals surface area contributed by atoms with Gasteiger partial charge in [-0.05, 0) is 48.8 Å². The van der Waals surface area contributed by atoms with Crippen LogP contribution in [0.2, 0.25) is 10.0 Å². The molecule has 1 aliphatic carbocycles. The van der Waals surface area contributed by atoms with E-state index >= 15 is 0 Å². The van der Waals surface area contributed by atoms with Crippen LogP contribution in [0.25, 0.3) is 0 Å². The van der Waals surface area contributed by atoms with E-state index in [9.17, 15) is 4.79 Å². The lowest BCUT2D eigenvalue weighted by molar-refractivity contribution is -0.116. The monoisotopic (exact) mass is 446 g/mol. The Hall–Kier alpha value is -2.08. The SMILES string of the molecule is CN1C(=S)NC(c2ccccc2OCc2ccc(Cl)c(Cl)c2)C2=C1CCCC2=O. The first-order valence-corrected chi connectivity index (χ1v) is 10.6. The molecule has 7 heteroatoms. The topological polar surface area (TPSA) is 41.6 Å². The predicted octanol–water partition coefficient (Wildman–Crippen LogP) is 5.44. The average Bonchev–Trinajstić information content (AvgIpc) is 2.72. The molecule has 2 aromatic carbocycles. The van der Waals surface area contributed by atoms with Crippen molar-refractivity contribution in [3.05, 3.63) is 74.9 Å². The fourth-order valence-electron chi connectivity index (χ4n) is 3.81. The van der Waals surface area contributed by atoms with Crippen molar-refractivity contribution in [2.24, 2.45) is 0 Å². The summed E-state index contributed by atoms with van der Waals surface area (Å²) in [4.78, 5) is 14.7. The van der Waals surface area contributed by atoms with E-state index in [0.717, 1.165) is 35.2 Å². The molecule has 1 heterocycles. The maximum absolute atomic E-state index is 12.8. The molecule has 0 bridgehead atoms. The molecule has 0 radical (unpaired) electrons. The van der Waals surface area contributed by atoms with Gasteiger partial charge in [0.2, 0.25) is 0 Å². The highest BCUT2D eigenvalue weighted by Gasteiger charge is 2.36. The predicted molar refractivity (Wildman–Crippen MR) is 119 cm³/mol. The van der Waals surface area contributed by atoms with Crippen LogP contribution in [-0.2, 0) is 11.4 Å². The number of ketones is 1. The van der Waals surface area contributed by atoms with E-state index in [1.165, 1.54) is 0 Å². The summed E-state index contributed by atoms with van der Waals surface area (Å²) in [5, 5.41) is 4.94. The van der Waals surface area contributed by atoms with Gasteiger partial charge in [0, 0.05) is 30.3 Å². The van der Waals surface area contributed by atoms with Gasteiger partial charge in [0.05, 0.1) is 16.1 Å². The lowest BCUT2D eigenvalue weighted by Gasteiger charge is -2.39. The van der Waals surface area contributed by atoms with E-state index in [1.54, 1.807) is 12.1 Å². The Morgan fingerprint density at radius 1 is 1.17 bits per heavy atom. The first-order valence-electron chi connectivity index (χ1n) is 9.42. The Kier molecular flexibility index (Phi) is 5.81. The fourth-order valence-corrected chi connectivity index (χ4v) is 4.36. The summed E-state index contributed by atoms with van der Waals surface area (Å²) in [7, 11) is 1.91. The smallest absolute Gasteiger partial charge is 0.173 e. The van der Waals surface area contributed by atoms with Gasteiger partial charge in [-0.1, -0.05) is 47.5 Å². The van der Waals surface area contributed by atoms with Gasteiger partial charge >= 0.3 is 0 Å². The van der Waals surface area contributed by atoms with Gasteiger partial charge in [-0.25, -0.2) is 0 Å². The van der Waals surface area contributed by atoms with Crippen LogP contribution in [0, 0.1) is 0 Å². The molecular weight excluding hydrogens is 427 g/mol. The minimum absolute atomic E-state index is 0.164. The van der Waals surface area contributed by atoms with Gasteiger partial charge in [0.25, 0.3) is 0 Å². The van der Waals surface area contributed by atoms with Crippen molar-refractivity contribution in [2.75, 3.05) is 7.05 Å². The first-order chi connectivity index (χ1) is 14.0. The number of thiocarbonyl (C=S) groups is 1. The van der Waals surface area contributed by atoms with Gasteiger partial charge in [0.15, 0.2) is 10.9 Å². The molecule has 4 rings (SSSR count). The number of carbonyl (C=O) groups excluding carboxylic acids is 1. The number of allylic oxidation sites excluding steroid dienone is 1. The summed E-state index contributed by atoms with van der Waals surface area (Å²) in [6.45, 7) is 0.338. The molecular formula is C22H20Cl2N2O2S. The standard InChI is InChI=1S/C22H20Cl2N2O2S/c1-26-17-6-4-7-18(27)20(17)21(25-22(26)29)14-5-2-3-8-19(14)28-12-13-9-10-15(23)16(24)11-13/h2-3,5,8-11,21H,4,6-7,12H2,1H3,(H,25,29). The summed E-state index contributed by atoms with van der Waals surface area (Å²) in [5.74, 6) is 0.867. The van der Waals surface area contributed by atoms with Crippen molar-refractivity contribution >= 4 is 46.3 Å². The van der Waals surface area contributed by atoms with Crippen molar-refractivity contribution in [3.63, 3.8) is 0 Å². The Bertz CT molecular complexity index is 1020. The van der Waals surface area contributed by atoms with Crippen LogP contribution >= 0.6 is 35.4 Å². The Labute approximate surface area is 185 Å². The zero-order valence-corrected chi connectivity index (χ0v) is 18.2. The molecule has 0 amide bonds. The highest BCUT2D eigenvalue weighted by molar-refractivity contribution is 7.80. The Morgan fingerprint density at radius 2 is 1.97 bits per heavy atom. The van der Waals surface area contributed by atoms with Gasteiger partial charge < -0.3 is 15.0 Å². The van der Waals surface area contributed by atoms with Crippen LogP contribution in [-0.4, -0.2) is 22.8 Å². The molecule has 0 spiro atoms. The zero-order chi connectivity index (χ0) is 20.5. The van der Waals surface area contributed by atoms with E-state index in [0.29, 0.717) is 33.9 Å². The first kappa shape index (κ1) is 20.2. The fraction of sp³-hybridized carbons (Fsp3) is 0.273. The van der Waals surface area contributed by atoms with Crippen LogP contribution in [0.5, 0.6) is 5.75 Å². The lowest BCUT2D eigenvalue weighted by Crippen LogP contribution is -2.47. The van der Waals surface area contributed by atoms with E-state index in [-0.39, 0.29) is 11.8 Å². The number of para-hydroxylation sites is 1. The second-order valence-electron chi connectivity index (χ2n) is 7.15. The molecule has 0 saturated carbocycles. The van der Waals surface area contributed by atoms with Crippen LogP contribution < -0.4 is 10.1 Å². The number of nitrogens with one attached hydrogen (secondary N) is 1. The molecule has 1 aliphatic heterocycles. The number of hydrogen-bond acceptors (Lipinski definition) is 3. The van der Waals surface area contributed by atoms with Crippen LogP contribution in [0.3, 0.4) is 0 Å². The minimum Gasteiger partial charge on any atom is -0.489 e. The van der Waals surface area contributed by atoms with Gasteiger partial charge in [-0.3, -0.25) is 4.79 Å². The summed E-state index contributed by atoms with van der Waals surface area (Å²) in [5.41, 5.74) is 3.60. The van der Waals surface area contributed by atoms with Crippen molar-refractivity contribution in [3.8, 4) is 5.75 Å². The zero-order valence-electron chi connectivity index (χ0n) is 15.9. The average molecular weight is 447 g/mol. The van der Waals surface area contributed by atoms with Gasteiger partial charge in [0.1, 0.15) is 12.4 Å². The lowest BCUT2D eigenvalue weighted by atomic mass is 9.84. The maximum Gasteiger partial charge on any atom is 0.173 e. The number of ether oxygens (including phenoxy) is 1. The number of Topliss-reactive ketones (excluding diaryl/α,β-unsaturated/α-hetero) is 1. The molecule has 1 atom stereocenters. The molecule has 0 aromatic heterocycles. The van der Waals surface area contributed by atoms with E-state index in [1.807, 2.05) is 42.3 Å². The summed E-state index contributed by atoms with van der Waals surface area (Å²) < 4.78 is 6.12. The van der Waals surface area contributed by atoms with E-state index in [4.69, 9.17) is 40.2 Å². The second kappa shape index (κ2) is 8.34. The van der Waals surface area contributed by atoms with Gasteiger partial charge in [-0.2, -0.15) is 0 Å². The number of nitrogens with zero attached hydrogens (tertiary/aromatic N) is 1.